The summed E-state index contributed by atoms with van der Waals surface area (Å²) in [4.78, 5) is 11.7. The van der Waals surface area contributed by atoms with E-state index < -0.39 is 21.6 Å². The molecule has 0 aromatic heterocycles. The van der Waals surface area contributed by atoms with Crippen LogP contribution in [0.5, 0.6) is 0 Å². The lowest BCUT2D eigenvalue weighted by molar-refractivity contribution is -0.115. The maximum absolute atomic E-state index is 13.0. The average molecular weight is 316 g/mol. The number of hydrogen-bond donors (Lipinski definition) is 2. The van der Waals surface area contributed by atoms with Gasteiger partial charge in [-0.05, 0) is 24.6 Å². The van der Waals surface area contributed by atoms with Crippen molar-refractivity contribution in [3.05, 3.63) is 24.0 Å². The van der Waals surface area contributed by atoms with E-state index in [1.165, 1.54) is 12.1 Å². The highest BCUT2D eigenvalue weighted by Crippen LogP contribution is 2.16. The lowest BCUT2D eigenvalue weighted by Gasteiger charge is -2.07. The highest BCUT2D eigenvalue weighted by molar-refractivity contribution is 7.91. The average Bonchev–Trinajstić information content (AvgIpc) is 2.41. The van der Waals surface area contributed by atoms with Gasteiger partial charge >= 0.3 is 0 Å². The van der Waals surface area contributed by atoms with Crippen LogP contribution in [0.2, 0.25) is 0 Å². The minimum atomic E-state index is -3.20. The molecule has 0 radical (unpaired) electrons. The van der Waals surface area contributed by atoms with Gasteiger partial charge in [0, 0.05) is 12.1 Å². The first-order chi connectivity index (χ1) is 9.84. The molecule has 3 N–H and O–H groups in total. The van der Waals surface area contributed by atoms with Crippen molar-refractivity contribution in [2.24, 2.45) is 0 Å². The maximum Gasteiger partial charge on any atom is 0.225 e. The number of carbonyl (C=O) groups excluding carboxylic acids is 1. The largest absolute Gasteiger partial charge is 0.396 e. The topological polar surface area (TPSA) is 89.3 Å². The predicted octanol–water partition coefficient (Wildman–Crippen LogP) is 2.34. The molecule has 0 fully saturated rings. The second kappa shape index (κ2) is 7.97. The number of unbranched alkanes of at least 4 members (excludes halogenated alkanes) is 2. The predicted molar refractivity (Wildman–Crippen MR) is 82.2 cm³/mol. The number of rotatable bonds is 8. The molecule has 0 aliphatic rings. The van der Waals surface area contributed by atoms with Gasteiger partial charge in [-0.25, -0.2) is 12.8 Å². The van der Waals surface area contributed by atoms with Gasteiger partial charge in [0.2, 0.25) is 5.91 Å². The number of anilines is 2. The van der Waals surface area contributed by atoms with Crippen LogP contribution in [0.1, 0.15) is 32.6 Å². The summed E-state index contributed by atoms with van der Waals surface area (Å²) in [5.74, 6) is -1.07. The lowest BCUT2D eigenvalue weighted by Crippen LogP contribution is -2.19. The lowest BCUT2D eigenvalue weighted by atomic mass is 10.2. The third-order valence-electron chi connectivity index (χ3n) is 2.98. The Morgan fingerprint density at radius 1 is 1.29 bits per heavy atom. The van der Waals surface area contributed by atoms with Crippen LogP contribution < -0.4 is 11.1 Å². The quantitative estimate of drug-likeness (QED) is 0.569. The molecule has 1 rings (SSSR count). The van der Waals surface area contributed by atoms with Gasteiger partial charge in [-0.1, -0.05) is 19.8 Å². The molecule has 0 atom stereocenters. The van der Waals surface area contributed by atoms with Crippen LogP contribution >= 0.6 is 0 Å². The first-order valence-electron chi connectivity index (χ1n) is 6.89. The summed E-state index contributed by atoms with van der Waals surface area (Å²) in [6.45, 7) is 1.99. The smallest absolute Gasteiger partial charge is 0.225 e. The molecule has 0 bridgehead atoms. The van der Waals surface area contributed by atoms with Crippen molar-refractivity contribution in [1.82, 2.24) is 0 Å². The second-order valence-corrected chi connectivity index (χ2v) is 7.20. The standard InChI is InChI=1S/C14H21FN2O3S/c1-2-3-4-8-21(19,20)9-7-14(18)17-11-5-6-12(15)13(16)10-11/h5-6,10H,2-4,7-9,16H2,1H3,(H,17,18). The van der Waals surface area contributed by atoms with Gasteiger partial charge < -0.3 is 11.1 Å². The van der Waals surface area contributed by atoms with Crippen molar-refractivity contribution in [3.63, 3.8) is 0 Å². The molecule has 1 aromatic carbocycles. The summed E-state index contributed by atoms with van der Waals surface area (Å²) < 4.78 is 36.4. The minimum Gasteiger partial charge on any atom is -0.396 e. The van der Waals surface area contributed by atoms with E-state index in [-0.39, 0.29) is 23.6 Å². The Morgan fingerprint density at radius 2 is 2.00 bits per heavy atom. The van der Waals surface area contributed by atoms with Crippen LogP contribution in [0, 0.1) is 5.82 Å². The van der Waals surface area contributed by atoms with Crippen molar-refractivity contribution >= 4 is 27.1 Å². The molecule has 0 aliphatic heterocycles. The molecule has 0 unspecified atom stereocenters. The van der Waals surface area contributed by atoms with Crippen LogP contribution in [-0.2, 0) is 14.6 Å². The minimum absolute atomic E-state index is 0.0695. The Morgan fingerprint density at radius 3 is 2.62 bits per heavy atom. The number of halogens is 1. The Kier molecular flexibility index (Phi) is 6.61. The second-order valence-electron chi connectivity index (χ2n) is 4.89. The molecule has 7 heteroatoms. The molecule has 1 aromatic rings. The monoisotopic (exact) mass is 316 g/mol. The van der Waals surface area contributed by atoms with Gasteiger partial charge in [0.05, 0.1) is 17.2 Å². The fraction of sp³-hybridized carbons (Fsp3) is 0.500. The first kappa shape index (κ1) is 17.4. The number of nitrogens with two attached hydrogens (primary N) is 1. The number of carbonyl (C=O) groups is 1. The Bertz CT molecular complexity index is 588. The number of amides is 1. The van der Waals surface area contributed by atoms with Gasteiger partial charge in [-0.3, -0.25) is 4.79 Å². The van der Waals surface area contributed by atoms with Gasteiger partial charge in [0.15, 0.2) is 9.84 Å². The Labute approximate surface area is 124 Å². The van der Waals surface area contributed by atoms with E-state index in [0.29, 0.717) is 12.1 Å². The first-order valence-corrected chi connectivity index (χ1v) is 8.71. The Balaban J connectivity index is 2.45. The number of nitrogens with one attached hydrogen (secondary N) is 1. The van der Waals surface area contributed by atoms with Crippen LogP contribution in [-0.4, -0.2) is 25.8 Å². The molecule has 1 amide bonds. The summed E-state index contributed by atoms with van der Waals surface area (Å²) >= 11 is 0. The molecule has 5 nitrogen and oxygen atoms in total. The summed E-state index contributed by atoms with van der Waals surface area (Å²) in [5.41, 5.74) is 5.67. The summed E-state index contributed by atoms with van der Waals surface area (Å²) in [6, 6.07) is 3.81. The number of sulfone groups is 1. The molecule has 21 heavy (non-hydrogen) atoms. The van der Waals surface area contributed by atoms with Crippen molar-refractivity contribution in [3.8, 4) is 0 Å². The number of benzene rings is 1. The molecular weight excluding hydrogens is 295 g/mol. The molecular formula is C14H21FN2O3S. The maximum atomic E-state index is 13.0. The van der Waals surface area contributed by atoms with E-state index >= 15 is 0 Å². The van der Waals surface area contributed by atoms with Gasteiger partial charge in [-0.15, -0.1) is 0 Å². The zero-order chi connectivity index (χ0) is 15.9. The van der Waals surface area contributed by atoms with Crippen molar-refractivity contribution in [2.45, 2.75) is 32.6 Å². The SMILES string of the molecule is CCCCCS(=O)(=O)CCC(=O)Nc1ccc(F)c(N)c1. The zero-order valence-electron chi connectivity index (χ0n) is 12.1. The number of hydrogen-bond acceptors (Lipinski definition) is 4. The summed E-state index contributed by atoms with van der Waals surface area (Å²) in [7, 11) is -3.20. The van der Waals surface area contributed by atoms with Crippen LogP contribution in [0.15, 0.2) is 18.2 Å². The summed E-state index contributed by atoms with van der Waals surface area (Å²) in [6.07, 6.45) is 2.31. The van der Waals surface area contributed by atoms with E-state index in [9.17, 15) is 17.6 Å². The molecule has 118 valence electrons. The molecule has 0 saturated carbocycles. The molecule has 0 aliphatic carbocycles. The normalized spacial score (nSPS) is 11.3. The van der Waals surface area contributed by atoms with E-state index in [1.807, 2.05) is 6.92 Å². The van der Waals surface area contributed by atoms with E-state index in [0.717, 1.165) is 18.9 Å². The summed E-state index contributed by atoms with van der Waals surface area (Å²) in [5, 5.41) is 2.50. The van der Waals surface area contributed by atoms with Crippen LogP contribution in [0.4, 0.5) is 15.8 Å². The van der Waals surface area contributed by atoms with Gasteiger partial charge in [0.25, 0.3) is 0 Å². The molecule has 0 heterocycles. The van der Waals surface area contributed by atoms with Gasteiger partial charge in [0.1, 0.15) is 5.82 Å². The van der Waals surface area contributed by atoms with Crippen molar-refractivity contribution in [1.29, 1.82) is 0 Å². The zero-order valence-corrected chi connectivity index (χ0v) is 12.9. The van der Waals surface area contributed by atoms with Crippen LogP contribution in [0.3, 0.4) is 0 Å². The third-order valence-corrected chi connectivity index (χ3v) is 4.72. The highest BCUT2D eigenvalue weighted by atomic mass is 32.2. The van der Waals surface area contributed by atoms with Crippen LogP contribution in [0.25, 0.3) is 0 Å². The van der Waals surface area contributed by atoms with Crippen molar-refractivity contribution < 1.29 is 17.6 Å². The van der Waals surface area contributed by atoms with E-state index in [4.69, 9.17) is 5.73 Å². The third kappa shape index (κ3) is 6.57. The Hall–Kier alpha value is -1.63. The van der Waals surface area contributed by atoms with Gasteiger partial charge in [-0.2, -0.15) is 0 Å². The fourth-order valence-corrected chi connectivity index (χ4v) is 3.11. The fourth-order valence-electron chi connectivity index (χ4n) is 1.77. The molecule has 0 spiro atoms. The highest BCUT2D eigenvalue weighted by Gasteiger charge is 2.13. The van der Waals surface area contributed by atoms with E-state index in [1.54, 1.807) is 0 Å². The molecule has 0 saturated heterocycles. The number of nitrogen functional groups attached to an aromatic ring is 1. The van der Waals surface area contributed by atoms with E-state index in [2.05, 4.69) is 5.32 Å². The van der Waals surface area contributed by atoms with Crippen molar-refractivity contribution in [2.75, 3.05) is 22.6 Å².